The number of hydrogen-bond donors (Lipinski definition) is 3. The first-order valence-corrected chi connectivity index (χ1v) is 8.36. The molecule has 1 atom stereocenters. The molecular formula is C19H17ClN4O2. The van der Waals surface area contributed by atoms with Crippen LogP contribution in [0.25, 0.3) is 10.9 Å². The molecule has 1 heterocycles. The second-order valence-electron chi connectivity index (χ2n) is 5.71. The zero-order valence-corrected chi connectivity index (χ0v) is 14.5. The number of primary amides is 1. The number of nitrogens with zero attached hydrogens (tertiary/aromatic N) is 1. The Morgan fingerprint density at radius 2 is 1.88 bits per heavy atom. The maximum absolute atomic E-state index is 12.6. The Hall–Kier alpha value is -3.12. The van der Waals surface area contributed by atoms with Gasteiger partial charge in [-0.1, -0.05) is 35.9 Å². The zero-order chi connectivity index (χ0) is 18.5. The molecule has 0 aliphatic heterocycles. The molecule has 2 aromatic carbocycles. The summed E-state index contributed by atoms with van der Waals surface area (Å²) < 4.78 is 0. The van der Waals surface area contributed by atoms with Crippen molar-refractivity contribution in [1.82, 2.24) is 10.3 Å². The highest BCUT2D eigenvalue weighted by atomic mass is 35.5. The third-order valence-electron chi connectivity index (χ3n) is 3.91. The minimum atomic E-state index is -0.725. The molecule has 3 amide bonds. The summed E-state index contributed by atoms with van der Waals surface area (Å²) in [5.41, 5.74) is 7.31. The van der Waals surface area contributed by atoms with E-state index in [9.17, 15) is 9.59 Å². The molecule has 1 unspecified atom stereocenters. The fourth-order valence-electron chi connectivity index (χ4n) is 2.77. The van der Waals surface area contributed by atoms with Gasteiger partial charge in [0.15, 0.2) is 0 Å². The molecule has 26 heavy (non-hydrogen) atoms. The van der Waals surface area contributed by atoms with E-state index < -0.39 is 12.1 Å². The van der Waals surface area contributed by atoms with E-state index in [1.807, 2.05) is 18.2 Å². The van der Waals surface area contributed by atoms with Crippen LogP contribution in [0.1, 0.15) is 18.0 Å². The summed E-state index contributed by atoms with van der Waals surface area (Å²) in [6.07, 6.45) is 1.68. The fourth-order valence-corrected chi connectivity index (χ4v) is 3.03. The maximum atomic E-state index is 12.6. The first kappa shape index (κ1) is 17.7. The molecule has 0 bridgehead atoms. The van der Waals surface area contributed by atoms with Crippen LogP contribution in [-0.4, -0.2) is 16.9 Å². The molecule has 0 fully saturated rings. The molecule has 0 aliphatic rings. The summed E-state index contributed by atoms with van der Waals surface area (Å²) in [6.45, 7) is 0. The molecule has 4 N–H and O–H groups in total. The van der Waals surface area contributed by atoms with Crippen LogP contribution in [0.2, 0.25) is 5.02 Å². The molecule has 0 saturated carbocycles. The average molecular weight is 369 g/mol. The van der Waals surface area contributed by atoms with Crippen molar-refractivity contribution < 1.29 is 9.59 Å². The van der Waals surface area contributed by atoms with Crippen molar-refractivity contribution in [3.05, 3.63) is 71.4 Å². The Balaban J connectivity index is 1.82. The van der Waals surface area contributed by atoms with E-state index in [-0.39, 0.29) is 12.3 Å². The largest absolute Gasteiger partial charge is 0.352 e. The number of amides is 3. The number of aromatic nitrogens is 1. The van der Waals surface area contributed by atoms with E-state index in [2.05, 4.69) is 15.6 Å². The molecule has 0 radical (unpaired) electrons. The summed E-state index contributed by atoms with van der Waals surface area (Å²) in [6, 6.07) is 14.8. The summed E-state index contributed by atoms with van der Waals surface area (Å²) >= 11 is 6.19. The predicted octanol–water partition coefficient (Wildman–Crippen LogP) is 3.63. The third-order valence-corrected chi connectivity index (χ3v) is 4.25. The van der Waals surface area contributed by atoms with Crippen molar-refractivity contribution in [3.63, 3.8) is 0 Å². The number of urea groups is 1. The Morgan fingerprint density at radius 1 is 1.08 bits per heavy atom. The highest BCUT2D eigenvalue weighted by Crippen LogP contribution is 2.26. The van der Waals surface area contributed by atoms with Gasteiger partial charge in [0, 0.05) is 16.6 Å². The molecule has 6 nitrogen and oxygen atoms in total. The summed E-state index contributed by atoms with van der Waals surface area (Å²) in [5, 5.41) is 6.72. The van der Waals surface area contributed by atoms with Crippen LogP contribution in [0.15, 0.2) is 60.8 Å². The normalized spacial score (nSPS) is 11.7. The van der Waals surface area contributed by atoms with E-state index in [1.54, 1.807) is 42.6 Å². The lowest BCUT2D eigenvalue weighted by atomic mass is 10.0. The van der Waals surface area contributed by atoms with Gasteiger partial charge in [0.25, 0.3) is 0 Å². The van der Waals surface area contributed by atoms with Gasteiger partial charge in [0.1, 0.15) is 0 Å². The van der Waals surface area contributed by atoms with Crippen molar-refractivity contribution in [3.8, 4) is 0 Å². The number of halogens is 1. The number of carbonyl (C=O) groups excluding carboxylic acids is 2. The van der Waals surface area contributed by atoms with Gasteiger partial charge in [0.05, 0.1) is 23.7 Å². The van der Waals surface area contributed by atoms with E-state index in [0.717, 1.165) is 10.9 Å². The Labute approximate surface area is 155 Å². The molecule has 0 aliphatic carbocycles. The zero-order valence-electron chi connectivity index (χ0n) is 13.8. The average Bonchev–Trinajstić information content (AvgIpc) is 2.61. The van der Waals surface area contributed by atoms with E-state index in [4.69, 9.17) is 17.3 Å². The summed E-state index contributed by atoms with van der Waals surface area (Å²) in [7, 11) is 0. The molecule has 0 saturated heterocycles. The van der Waals surface area contributed by atoms with Gasteiger partial charge in [-0.15, -0.1) is 0 Å². The van der Waals surface area contributed by atoms with E-state index >= 15 is 0 Å². The number of benzene rings is 2. The number of hydrogen-bond acceptors (Lipinski definition) is 3. The fraction of sp³-hybridized carbons (Fsp3) is 0.105. The Morgan fingerprint density at radius 3 is 2.65 bits per heavy atom. The molecule has 1 aromatic heterocycles. The van der Waals surface area contributed by atoms with Crippen LogP contribution in [0.4, 0.5) is 10.5 Å². The first-order valence-electron chi connectivity index (χ1n) is 7.98. The van der Waals surface area contributed by atoms with Crippen LogP contribution >= 0.6 is 11.6 Å². The lowest BCUT2D eigenvalue weighted by Crippen LogP contribution is -2.35. The smallest absolute Gasteiger partial charge is 0.312 e. The second kappa shape index (κ2) is 7.84. The number of nitrogens with one attached hydrogen (secondary N) is 2. The number of anilines is 1. The molecule has 3 aromatic rings. The number of carbonyl (C=O) groups is 2. The van der Waals surface area contributed by atoms with Gasteiger partial charge in [-0.25, -0.2) is 4.79 Å². The highest BCUT2D eigenvalue weighted by molar-refractivity contribution is 6.31. The van der Waals surface area contributed by atoms with Gasteiger partial charge in [0.2, 0.25) is 5.91 Å². The minimum absolute atomic E-state index is 0.0106. The highest BCUT2D eigenvalue weighted by Gasteiger charge is 2.20. The second-order valence-corrected chi connectivity index (χ2v) is 6.12. The van der Waals surface area contributed by atoms with Crippen molar-refractivity contribution in [2.75, 3.05) is 5.32 Å². The molecule has 7 heteroatoms. The van der Waals surface area contributed by atoms with Crippen LogP contribution in [0.5, 0.6) is 0 Å². The quantitative estimate of drug-likeness (QED) is 0.641. The number of fused-ring (bicyclic) bond motifs is 1. The predicted molar refractivity (Wildman–Crippen MR) is 102 cm³/mol. The first-order chi connectivity index (χ1) is 12.5. The number of pyridine rings is 1. The van der Waals surface area contributed by atoms with Gasteiger partial charge in [-0.3, -0.25) is 9.78 Å². The van der Waals surface area contributed by atoms with Crippen molar-refractivity contribution in [2.45, 2.75) is 12.5 Å². The lowest BCUT2D eigenvalue weighted by molar-refractivity contribution is -0.116. The number of rotatable bonds is 5. The third kappa shape index (κ3) is 4.10. The maximum Gasteiger partial charge on any atom is 0.312 e. The minimum Gasteiger partial charge on any atom is -0.352 e. The molecule has 132 valence electrons. The lowest BCUT2D eigenvalue weighted by Gasteiger charge is -2.19. The van der Waals surface area contributed by atoms with Gasteiger partial charge in [-0.05, 0) is 35.9 Å². The van der Waals surface area contributed by atoms with Crippen LogP contribution in [0, 0.1) is 0 Å². The topological polar surface area (TPSA) is 97.1 Å². The summed E-state index contributed by atoms with van der Waals surface area (Å²) in [5.74, 6) is -0.278. The van der Waals surface area contributed by atoms with Gasteiger partial charge < -0.3 is 16.4 Å². The Bertz CT molecular complexity index is 956. The van der Waals surface area contributed by atoms with Crippen LogP contribution < -0.4 is 16.4 Å². The summed E-state index contributed by atoms with van der Waals surface area (Å²) in [4.78, 5) is 28.2. The van der Waals surface area contributed by atoms with Gasteiger partial charge >= 0.3 is 6.03 Å². The van der Waals surface area contributed by atoms with E-state index in [1.165, 1.54) is 0 Å². The van der Waals surface area contributed by atoms with Gasteiger partial charge in [-0.2, -0.15) is 0 Å². The van der Waals surface area contributed by atoms with E-state index in [0.29, 0.717) is 16.3 Å². The standard InChI is InChI=1S/C19H17ClN4O2/c20-14-7-2-1-5-12(14)17(24-19(21)26)11-18(25)23-16-9-3-8-15-13(16)6-4-10-22-15/h1-10,17H,11H2,(H,23,25)(H3,21,24,26). The van der Waals surface area contributed by atoms with Crippen molar-refractivity contribution >= 4 is 40.1 Å². The number of nitrogens with two attached hydrogens (primary N) is 1. The molecular weight excluding hydrogens is 352 g/mol. The molecule has 0 spiro atoms. The monoisotopic (exact) mass is 368 g/mol. The van der Waals surface area contributed by atoms with Crippen LogP contribution in [-0.2, 0) is 4.79 Å². The SMILES string of the molecule is NC(=O)NC(CC(=O)Nc1cccc2ncccc12)c1ccccc1Cl. The van der Waals surface area contributed by atoms with Crippen molar-refractivity contribution in [1.29, 1.82) is 0 Å². The Kier molecular flexibility index (Phi) is 5.34. The molecule has 3 rings (SSSR count). The van der Waals surface area contributed by atoms with Crippen molar-refractivity contribution in [2.24, 2.45) is 5.73 Å². The van der Waals surface area contributed by atoms with Crippen LogP contribution in [0.3, 0.4) is 0 Å².